The minimum atomic E-state index is 0.510. The zero-order chi connectivity index (χ0) is 10.6. The molecule has 1 aromatic rings. The summed E-state index contributed by atoms with van der Waals surface area (Å²) in [5, 5.41) is 0.697. The second-order valence-corrected chi connectivity index (χ2v) is 4.10. The Morgan fingerprint density at radius 1 is 1.36 bits per heavy atom. The molecule has 0 amide bonds. The minimum absolute atomic E-state index is 0.510. The Morgan fingerprint density at radius 3 is 2.64 bits per heavy atom. The van der Waals surface area contributed by atoms with Crippen LogP contribution in [0.1, 0.15) is 38.7 Å². The van der Waals surface area contributed by atoms with Crippen molar-refractivity contribution in [3.63, 3.8) is 0 Å². The van der Waals surface area contributed by atoms with E-state index < -0.39 is 0 Å². The summed E-state index contributed by atoms with van der Waals surface area (Å²) in [6.45, 7) is 7.13. The van der Waals surface area contributed by atoms with Crippen molar-refractivity contribution in [2.75, 3.05) is 6.61 Å². The van der Waals surface area contributed by atoms with Crippen molar-refractivity contribution in [2.24, 2.45) is 0 Å². The first-order chi connectivity index (χ1) is 6.65. The van der Waals surface area contributed by atoms with Crippen LogP contribution >= 0.6 is 11.6 Å². The topological polar surface area (TPSA) is 9.23 Å². The molecule has 1 rings (SSSR count). The second kappa shape index (κ2) is 5.26. The van der Waals surface area contributed by atoms with Crippen LogP contribution in [0.4, 0.5) is 0 Å². The van der Waals surface area contributed by atoms with E-state index in [4.69, 9.17) is 16.3 Å². The molecular weight excluding hydrogens is 196 g/mol. The molecule has 0 atom stereocenters. The van der Waals surface area contributed by atoms with E-state index >= 15 is 0 Å². The number of benzene rings is 1. The van der Waals surface area contributed by atoms with Gasteiger partial charge in [-0.25, -0.2) is 0 Å². The summed E-state index contributed by atoms with van der Waals surface area (Å²) in [7, 11) is 0. The van der Waals surface area contributed by atoms with E-state index in [1.165, 1.54) is 5.56 Å². The lowest BCUT2D eigenvalue weighted by atomic mass is 10.0. The Morgan fingerprint density at radius 2 is 2.07 bits per heavy atom. The van der Waals surface area contributed by atoms with E-state index in [0.717, 1.165) is 18.8 Å². The summed E-state index contributed by atoms with van der Waals surface area (Å²) in [6, 6.07) is 5.98. The van der Waals surface area contributed by atoms with Gasteiger partial charge in [0.15, 0.2) is 0 Å². The lowest BCUT2D eigenvalue weighted by Gasteiger charge is -2.10. The number of hydrogen-bond acceptors (Lipinski definition) is 1. The number of rotatable bonds is 4. The molecule has 0 spiro atoms. The summed E-state index contributed by atoms with van der Waals surface area (Å²) in [5.74, 6) is 1.32. The Balaban J connectivity index is 2.85. The second-order valence-electron chi connectivity index (χ2n) is 3.69. The third-order valence-electron chi connectivity index (χ3n) is 2.08. The van der Waals surface area contributed by atoms with Crippen molar-refractivity contribution in [2.45, 2.75) is 33.1 Å². The molecule has 14 heavy (non-hydrogen) atoms. The van der Waals surface area contributed by atoms with Gasteiger partial charge in [0, 0.05) is 0 Å². The maximum Gasteiger partial charge on any atom is 0.138 e. The highest BCUT2D eigenvalue weighted by atomic mass is 35.5. The number of halogens is 1. The van der Waals surface area contributed by atoms with Crippen molar-refractivity contribution >= 4 is 11.6 Å². The standard InChI is InChI=1S/C12H17ClO/c1-4-7-14-12-8-10(9(2)3)5-6-11(12)13/h5-6,8-9H,4,7H2,1-3H3. The molecule has 0 aliphatic carbocycles. The van der Waals surface area contributed by atoms with Gasteiger partial charge in [-0.2, -0.15) is 0 Å². The Kier molecular flexibility index (Phi) is 4.27. The largest absolute Gasteiger partial charge is 0.492 e. The molecule has 1 nitrogen and oxygen atoms in total. The lowest BCUT2D eigenvalue weighted by Crippen LogP contribution is -1.97. The van der Waals surface area contributed by atoms with Crippen LogP contribution in [0, 0.1) is 0 Å². The van der Waals surface area contributed by atoms with E-state index in [0.29, 0.717) is 10.9 Å². The Bertz CT molecular complexity index is 294. The highest BCUT2D eigenvalue weighted by Gasteiger charge is 2.05. The van der Waals surface area contributed by atoms with Crippen LogP contribution < -0.4 is 4.74 Å². The van der Waals surface area contributed by atoms with Crippen LogP contribution in [0.3, 0.4) is 0 Å². The highest BCUT2D eigenvalue weighted by molar-refractivity contribution is 6.32. The fourth-order valence-electron chi connectivity index (χ4n) is 1.20. The average Bonchev–Trinajstić information content (AvgIpc) is 2.16. The number of hydrogen-bond donors (Lipinski definition) is 0. The van der Waals surface area contributed by atoms with Crippen molar-refractivity contribution in [3.8, 4) is 5.75 Å². The SMILES string of the molecule is CCCOc1cc(C(C)C)ccc1Cl. The lowest BCUT2D eigenvalue weighted by molar-refractivity contribution is 0.317. The molecule has 0 heterocycles. The van der Waals surface area contributed by atoms with Crippen molar-refractivity contribution in [1.82, 2.24) is 0 Å². The van der Waals surface area contributed by atoms with Crippen LogP contribution in [0.15, 0.2) is 18.2 Å². The zero-order valence-electron chi connectivity index (χ0n) is 9.01. The molecule has 2 heteroatoms. The summed E-state index contributed by atoms with van der Waals surface area (Å²) in [5.41, 5.74) is 1.26. The van der Waals surface area contributed by atoms with Gasteiger partial charge < -0.3 is 4.74 Å². The summed E-state index contributed by atoms with van der Waals surface area (Å²) >= 11 is 6.01. The van der Waals surface area contributed by atoms with E-state index in [9.17, 15) is 0 Å². The van der Waals surface area contributed by atoms with Gasteiger partial charge in [0.25, 0.3) is 0 Å². The van der Waals surface area contributed by atoms with Gasteiger partial charge in [-0.15, -0.1) is 0 Å². The molecule has 1 aromatic carbocycles. The molecule has 0 radical (unpaired) electrons. The van der Waals surface area contributed by atoms with Gasteiger partial charge in [-0.3, -0.25) is 0 Å². The zero-order valence-corrected chi connectivity index (χ0v) is 9.77. The highest BCUT2D eigenvalue weighted by Crippen LogP contribution is 2.28. The molecule has 0 bridgehead atoms. The molecule has 0 unspecified atom stereocenters. The van der Waals surface area contributed by atoms with Gasteiger partial charge in [-0.1, -0.05) is 38.4 Å². The third kappa shape index (κ3) is 2.91. The smallest absolute Gasteiger partial charge is 0.138 e. The molecule has 0 aliphatic heterocycles. The molecule has 0 saturated carbocycles. The predicted molar refractivity (Wildman–Crippen MR) is 61.3 cm³/mol. The van der Waals surface area contributed by atoms with Crippen LogP contribution in [-0.4, -0.2) is 6.61 Å². The van der Waals surface area contributed by atoms with Gasteiger partial charge in [0.2, 0.25) is 0 Å². The first-order valence-electron chi connectivity index (χ1n) is 5.07. The van der Waals surface area contributed by atoms with E-state index in [2.05, 4.69) is 20.8 Å². The third-order valence-corrected chi connectivity index (χ3v) is 2.40. The Hall–Kier alpha value is -0.690. The molecule has 0 aromatic heterocycles. The maximum absolute atomic E-state index is 6.01. The normalized spacial score (nSPS) is 10.6. The number of ether oxygens (including phenoxy) is 1. The summed E-state index contributed by atoms with van der Waals surface area (Å²) < 4.78 is 5.54. The van der Waals surface area contributed by atoms with E-state index in [1.807, 2.05) is 18.2 Å². The van der Waals surface area contributed by atoms with Gasteiger partial charge in [0.1, 0.15) is 5.75 Å². The minimum Gasteiger partial charge on any atom is -0.492 e. The fraction of sp³-hybridized carbons (Fsp3) is 0.500. The Labute approximate surface area is 91.0 Å². The average molecular weight is 213 g/mol. The van der Waals surface area contributed by atoms with Crippen LogP contribution in [0.5, 0.6) is 5.75 Å². The van der Waals surface area contributed by atoms with E-state index in [1.54, 1.807) is 0 Å². The van der Waals surface area contributed by atoms with Crippen LogP contribution in [-0.2, 0) is 0 Å². The van der Waals surface area contributed by atoms with Gasteiger partial charge >= 0.3 is 0 Å². The molecule has 0 fully saturated rings. The molecule has 0 aliphatic rings. The first kappa shape index (κ1) is 11.4. The molecular formula is C12H17ClO. The summed E-state index contributed by atoms with van der Waals surface area (Å²) in [6.07, 6.45) is 1.00. The first-order valence-corrected chi connectivity index (χ1v) is 5.45. The van der Waals surface area contributed by atoms with Crippen LogP contribution in [0.25, 0.3) is 0 Å². The predicted octanol–water partition coefficient (Wildman–Crippen LogP) is 4.25. The van der Waals surface area contributed by atoms with Gasteiger partial charge in [-0.05, 0) is 30.0 Å². The maximum atomic E-state index is 6.01. The molecule has 0 N–H and O–H groups in total. The van der Waals surface area contributed by atoms with Crippen LogP contribution in [0.2, 0.25) is 5.02 Å². The fourth-order valence-corrected chi connectivity index (χ4v) is 1.37. The summed E-state index contributed by atoms with van der Waals surface area (Å²) in [4.78, 5) is 0. The van der Waals surface area contributed by atoms with Crippen molar-refractivity contribution in [3.05, 3.63) is 28.8 Å². The quantitative estimate of drug-likeness (QED) is 0.725. The molecule has 0 saturated heterocycles. The van der Waals surface area contributed by atoms with Crippen molar-refractivity contribution in [1.29, 1.82) is 0 Å². The monoisotopic (exact) mass is 212 g/mol. The molecule has 78 valence electrons. The van der Waals surface area contributed by atoms with E-state index in [-0.39, 0.29) is 0 Å². The van der Waals surface area contributed by atoms with Gasteiger partial charge in [0.05, 0.1) is 11.6 Å². The van der Waals surface area contributed by atoms with Crippen molar-refractivity contribution < 1.29 is 4.74 Å².